The number of thiophene rings is 1. The highest BCUT2D eigenvalue weighted by molar-refractivity contribution is 7.26. The predicted octanol–water partition coefficient (Wildman–Crippen LogP) is 17.5. The minimum atomic E-state index is 1.06. The van der Waals surface area contributed by atoms with Crippen molar-refractivity contribution in [2.45, 2.75) is 0 Å². The largest absolute Gasteiger partial charge is 0.310 e. The van der Waals surface area contributed by atoms with Crippen LogP contribution in [0, 0.1) is 0 Å². The number of aromatic nitrogens is 1. The summed E-state index contributed by atoms with van der Waals surface area (Å²) in [5, 5.41) is 5.04. The van der Waals surface area contributed by atoms with Crippen LogP contribution in [0.4, 0.5) is 51.2 Å². The van der Waals surface area contributed by atoms with Crippen molar-refractivity contribution in [3.05, 3.63) is 243 Å². The highest BCUT2D eigenvalue weighted by Gasteiger charge is 2.31. The summed E-state index contributed by atoms with van der Waals surface area (Å²) in [6.45, 7) is 0. The van der Waals surface area contributed by atoms with Crippen LogP contribution < -0.4 is 14.7 Å². The van der Waals surface area contributed by atoms with Crippen molar-refractivity contribution >= 4 is 105 Å². The molecule has 12 aromatic rings. The van der Waals surface area contributed by atoms with Crippen LogP contribution in [-0.4, -0.2) is 4.57 Å². The number of rotatable bonds is 7. The molecule has 13 rings (SSSR count). The minimum absolute atomic E-state index is 1.06. The van der Waals surface area contributed by atoms with Gasteiger partial charge in [0.1, 0.15) is 0 Å². The third-order valence-electron chi connectivity index (χ3n) is 12.9. The van der Waals surface area contributed by atoms with E-state index in [2.05, 4.69) is 262 Å². The molecule has 0 radical (unpaired) electrons. The van der Waals surface area contributed by atoms with Gasteiger partial charge in [-0.15, -0.1) is 11.3 Å². The summed E-state index contributed by atoms with van der Waals surface area (Å²) in [6, 6.07) is 88.2. The Morgan fingerprint density at radius 1 is 0.323 bits per heavy atom. The number of anilines is 9. The molecule has 0 N–H and O–H groups in total. The predicted molar refractivity (Wildman–Crippen MR) is 277 cm³/mol. The lowest BCUT2D eigenvalue weighted by Gasteiger charge is -2.41. The van der Waals surface area contributed by atoms with Crippen LogP contribution in [0.1, 0.15) is 0 Å². The van der Waals surface area contributed by atoms with Gasteiger partial charge in [-0.1, -0.05) is 133 Å². The molecule has 306 valence electrons. The van der Waals surface area contributed by atoms with Gasteiger partial charge in [0.05, 0.1) is 33.8 Å². The number of nitrogens with zero attached hydrogens (tertiary/aromatic N) is 4. The standard InChI is InChI=1S/C60H40N4S/c1-4-17-42(18-5-1)62-53-27-12-10-23-49(53)52-39-46(35-37-54(52)62)61(45-33-31-41(32-34-45)48-25-16-26-51-50-24-11-15-30-59(50)65-60(48)51)47-36-38-57-58(40-47)64(44-21-8-3-9-22-44)56-29-14-13-28-55(56)63(57)43-19-6-2-7-20-43/h1-40H. The van der Waals surface area contributed by atoms with Crippen molar-refractivity contribution in [3.63, 3.8) is 0 Å². The smallest absolute Gasteiger partial charge is 0.0724 e. The van der Waals surface area contributed by atoms with Gasteiger partial charge in [-0.05, 0) is 120 Å². The topological polar surface area (TPSA) is 14.7 Å². The molecule has 1 aliphatic heterocycles. The van der Waals surface area contributed by atoms with Gasteiger partial charge in [0.15, 0.2) is 0 Å². The summed E-state index contributed by atoms with van der Waals surface area (Å²) < 4.78 is 5.01. The van der Waals surface area contributed by atoms with Crippen molar-refractivity contribution in [1.82, 2.24) is 4.57 Å². The molecule has 4 nitrogen and oxygen atoms in total. The monoisotopic (exact) mass is 848 g/mol. The Balaban J connectivity index is 1.03. The van der Waals surface area contributed by atoms with Crippen LogP contribution in [0.2, 0.25) is 0 Å². The summed E-state index contributed by atoms with van der Waals surface area (Å²) in [5.74, 6) is 0. The summed E-state index contributed by atoms with van der Waals surface area (Å²) in [7, 11) is 0. The second kappa shape index (κ2) is 15.2. The van der Waals surface area contributed by atoms with Crippen LogP contribution in [0.5, 0.6) is 0 Å². The zero-order chi connectivity index (χ0) is 42.8. The van der Waals surface area contributed by atoms with E-state index in [0.29, 0.717) is 0 Å². The molecule has 0 spiro atoms. The molecule has 0 atom stereocenters. The molecule has 0 aliphatic carbocycles. The highest BCUT2D eigenvalue weighted by Crippen LogP contribution is 2.55. The Kier molecular flexibility index (Phi) is 8.68. The first-order valence-electron chi connectivity index (χ1n) is 22.1. The van der Waals surface area contributed by atoms with Crippen molar-refractivity contribution in [3.8, 4) is 16.8 Å². The maximum absolute atomic E-state index is 2.43. The van der Waals surface area contributed by atoms with Gasteiger partial charge in [-0.3, -0.25) is 0 Å². The second-order valence-electron chi connectivity index (χ2n) is 16.6. The van der Waals surface area contributed by atoms with Gasteiger partial charge in [0.25, 0.3) is 0 Å². The third kappa shape index (κ3) is 6.05. The third-order valence-corrected chi connectivity index (χ3v) is 14.1. The van der Waals surface area contributed by atoms with E-state index in [9.17, 15) is 0 Å². The average molecular weight is 849 g/mol. The zero-order valence-electron chi connectivity index (χ0n) is 35.3. The average Bonchev–Trinajstić information content (AvgIpc) is 3.92. The molecule has 5 heteroatoms. The van der Waals surface area contributed by atoms with E-state index in [1.807, 2.05) is 11.3 Å². The SMILES string of the molecule is c1ccc(N2c3ccccc3N(c3ccccc3)c3cc(N(c4ccc(-c5cccc6c5sc5ccccc56)cc4)c4ccc5c(c4)c4ccccc4n5-c4ccccc4)ccc32)cc1. The van der Waals surface area contributed by atoms with Gasteiger partial charge in [-0.25, -0.2) is 0 Å². The highest BCUT2D eigenvalue weighted by atomic mass is 32.1. The van der Waals surface area contributed by atoms with Crippen molar-refractivity contribution < 1.29 is 0 Å². The van der Waals surface area contributed by atoms with E-state index in [0.717, 1.165) is 56.9 Å². The first kappa shape index (κ1) is 37.2. The maximum atomic E-state index is 2.43. The molecule has 0 saturated heterocycles. The van der Waals surface area contributed by atoms with E-state index in [4.69, 9.17) is 0 Å². The normalized spacial score (nSPS) is 12.2. The lowest BCUT2D eigenvalue weighted by atomic mass is 10.0. The number of fused-ring (bicyclic) bond motifs is 8. The van der Waals surface area contributed by atoms with Gasteiger partial charge in [-0.2, -0.15) is 0 Å². The Bertz CT molecular complexity index is 3730. The molecular formula is C60H40N4S. The quantitative estimate of drug-likeness (QED) is 0.159. The molecule has 65 heavy (non-hydrogen) atoms. The lowest BCUT2D eigenvalue weighted by molar-refractivity contribution is 1.16. The molecule has 0 bridgehead atoms. The molecule has 0 unspecified atom stereocenters. The fourth-order valence-electron chi connectivity index (χ4n) is 10.00. The van der Waals surface area contributed by atoms with E-state index >= 15 is 0 Å². The van der Waals surface area contributed by atoms with E-state index in [1.165, 1.54) is 53.1 Å². The summed E-state index contributed by atoms with van der Waals surface area (Å²) in [6.07, 6.45) is 0. The Hall–Kier alpha value is -8.38. The number of para-hydroxylation sites is 6. The van der Waals surface area contributed by atoms with Crippen LogP contribution in [-0.2, 0) is 0 Å². The van der Waals surface area contributed by atoms with Crippen molar-refractivity contribution in [2.24, 2.45) is 0 Å². The van der Waals surface area contributed by atoms with Crippen LogP contribution >= 0.6 is 11.3 Å². The molecule has 3 heterocycles. The summed E-state index contributed by atoms with van der Waals surface area (Å²) >= 11 is 1.87. The molecule has 1 aliphatic rings. The van der Waals surface area contributed by atoms with Crippen LogP contribution in [0.25, 0.3) is 58.8 Å². The van der Waals surface area contributed by atoms with Crippen LogP contribution in [0.15, 0.2) is 243 Å². The van der Waals surface area contributed by atoms with E-state index in [1.54, 1.807) is 0 Å². The van der Waals surface area contributed by atoms with Crippen LogP contribution in [0.3, 0.4) is 0 Å². The Morgan fingerprint density at radius 3 is 1.57 bits per heavy atom. The Morgan fingerprint density at radius 2 is 0.846 bits per heavy atom. The fraction of sp³-hybridized carbons (Fsp3) is 0. The minimum Gasteiger partial charge on any atom is -0.310 e. The zero-order valence-corrected chi connectivity index (χ0v) is 36.1. The number of hydrogen-bond donors (Lipinski definition) is 0. The molecule has 10 aromatic carbocycles. The fourth-order valence-corrected chi connectivity index (χ4v) is 11.2. The van der Waals surface area contributed by atoms with Gasteiger partial charge in [0.2, 0.25) is 0 Å². The van der Waals surface area contributed by atoms with Gasteiger partial charge >= 0.3 is 0 Å². The summed E-state index contributed by atoms with van der Waals surface area (Å²) in [5.41, 5.74) is 15.8. The second-order valence-corrected chi connectivity index (χ2v) is 17.6. The lowest BCUT2D eigenvalue weighted by Crippen LogP contribution is -2.24. The molecule has 0 saturated carbocycles. The Labute approximate surface area is 381 Å². The first-order chi connectivity index (χ1) is 32.3. The first-order valence-corrected chi connectivity index (χ1v) is 22.9. The van der Waals surface area contributed by atoms with E-state index < -0.39 is 0 Å². The summed E-state index contributed by atoms with van der Waals surface area (Å²) in [4.78, 5) is 7.23. The van der Waals surface area contributed by atoms with Gasteiger partial charge in [0, 0.05) is 65.1 Å². The van der Waals surface area contributed by atoms with E-state index in [-0.39, 0.29) is 0 Å². The van der Waals surface area contributed by atoms with Gasteiger partial charge < -0.3 is 19.3 Å². The van der Waals surface area contributed by atoms with Crippen molar-refractivity contribution in [2.75, 3.05) is 14.7 Å². The number of hydrogen-bond acceptors (Lipinski definition) is 4. The molecule has 0 amide bonds. The maximum Gasteiger partial charge on any atom is 0.0724 e. The molecule has 2 aromatic heterocycles. The molecule has 0 fully saturated rings. The van der Waals surface area contributed by atoms with Crippen molar-refractivity contribution in [1.29, 1.82) is 0 Å². The number of benzene rings is 10. The molecular weight excluding hydrogens is 809 g/mol.